The van der Waals surface area contributed by atoms with Gasteiger partial charge in [-0.3, -0.25) is 13.9 Å². The number of carbonyl (C=O) groups is 2. The summed E-state index contributed by atoms with van der Waals surface area (Å²) in [6, 6.07) is 26.4. The van der Waals surface area contributed by atoms with Crippen LogP contribution in [0.25, 0.3) is 0 Å². The molecule has 1 saturated carbocycles. The first-order valence-electron chi connectivity index (χ1n) is 15.0. The maximum absolute atomic E-state index is 14.5. The van der Waals surface area contributed by atoms with Crippen molar-refractivity contribution in [3.63, 3.8) is 0 Å². The van der Waals surface area contributed by atoms with Gasteiger partial charge in [0, 0.05) is 24.0 Å². The minimum Gasteiger partial charge on any atom is -0.352 e. The van der Waals surface area contributed by atoms with E-state index in [1.165, 1.54) is 29.2 Å². The van der Waals surface area contributed by atoms with Crippen molar-refractivity contribution in [3.05, 3.63) is 130 Å². The summed E-state index contributed by atoms with van der Waals surface area (Å²) in [6.45, 7) is -0.663. The van der Waals surface area contributed by atoms with Crippen molar-refractivity contribution >= 4 is 50.7 Å². The Bertz CT molecular complexity index is 1750. The molecule has 0 unspecified atom stereocenters. The van der Waals surface area contributed by atoms with E-state index in [-0.39, 0.29) is 40.5 Å². The molecule has 1 aliphatic rings. The minimum absolute atomic E-state index is 0.00469. The third-order valence-electron chi connectivity index (χ3n) is 8.04. The van der Waals surface area contributed by atoms with Gasteiger partial charge in [0.15, 0.2) is 0 Å². The number of anilines is 1. The number of nitrogens with zero attached hydrogens (tertiary/aromatic N) is 2. The monoisotopic (exact) mass is 681 g/mol. The molecule has 1 N–H and O–H groups in total. The lowest BCUT2D eigenvalue weighted by Gasteiger charge is -2.34. The lowest BCUT2D eigenvalue weighted by molar-refractivity contribution is -0.140. The Morgan fingerprint density at radius 2 is 1.48 bits per heavy atom. The Morgan fingerprint density at radius 3 is 2.11 bits per heavy atom. The Kier molecular flexibility index (Phi) is 11.0. The van der Waals surface area contributed by atoms with Crippen LogP contribution in [0.3, 0.4) is 0 Å². The molecule has 0 aromatic heterocycles. The van der Waals surface area contributed by atoms with E-state index >= 15 is 0 Å². The summed E-state index contributed by atoms with van der Waals surface area (Å²) < 4.78 is 43.1. The SMILES string of the molecule is O=C(NC1CCCC1)[C@H](Cc1ccccc1)N(Cc1ccc(Cl)cc1)C(=O)CN(c1ccc(F)c(Cl)c1)S(=O)(=O)c1ccccc1. The first-order valence-corrected chi connectivity index (χ1v) is 17.2. The number of sulfonamides is 1. The molecule has 0 heterocycles. The van der Waals surface area contributed by atoms with Crippen LogP contribution in [-0.4, -0.2) is 43.8 Å². The van der Waals surface area contributed by atoms with Gasteiger partial charge in [-0.05, 0) is 66.4 Å². The molecule has 1 aliphatic carbocycles. The second kappa shape index (κ2) is 15.1. The molecule has 4 aromatic carbocycles. The fraction of sp³-hybridized carbons (Fsp3) is 0.257. The molecule has 1 fully saturated rings. The number of amides is 2. The lowest BCUT2D eigenvalue weighted by Crippen LogP contribution is -2.54. The minimum atomic E-state index is -4.33. The average Bonchev–Trinajstić information content (AvgIpc) is 3.57. The molecular formula is C35H34Cl2FN3O4S. The van der Waals surface area contributed by atoms with Gasteiger partial charge in [-0.2, -0.15) is 0 Å². The molecule has 0 radical (unpaired) electrons. The normalized spacial score (nSPS) is 14.1. The maximum atomic E-state index is 14.5. The van der Waals surface area contributed by atoms with Gasteiger partial charge < -0.3 is 10.2 Å². The maximum Gasteiger partial charge on any atom is 0.264 e. The Hall–Kier alpha value is -3.92. The summed E-state index contributed by atoms with van der Waals surface area (Å²) >= 11 is 12.2. The van der Waals surface area contributed by atoms with Gasteiger partial charge in [-0.1, -0.05) is 96.7 Å². The molecule has 46 heavy (non-hydrogen) atoms. The van der Waals surface area contributed by atoms with Gasteiger partial charge in [-0.15, -0.1) is 0 Å². The van der Waals surface area contributed by atoms with E-state index in [4.69, 9.17) is 23.2 Å². The number of halogens is 3. The highest BCUT2D eigenvalue weighted by Gasteiger charge is 2.35. The summed E-state index contributed by atoms with van der Waals surface area (Å²) in [5.41, 5.74) is 1.54. The highest BCUT2D eigenvalue weighted by Crippen LogP contribution is 2.29. The predicted octanol–water partition coefficient (Wildman–Crippen LogP) is 7.03. The summed E-state index contributed by atoms with van der Waals surface area (Å²) in [7, 11) is -4.33. The standard InChI is InChI=1S/C35H34Cl2FN3O4S/c36-27-17-15-26(16-18-27)23-40(33(21-25-9-3-1-4-10-25)35(43)39-28-11-7-8-12-28)34(42)24-41(29-19-20-32(38)31(37)22-29)46(44,45)30-13-5-2-6-14-30/h1-6,9-10,13-20,22,28,33H,7-8,11-12,21,23-24H2,(H,39,43)/t33-/m0/s1. The van der Waals surface area contributed by atoms with Crippen molar-refractivity contribution in [2.24, 2.45) is 0 Å². The summed E-state index contributed by atoms with van der Waals surface area (Å²) in [5, 5.41) is 3.35. The van der Waals surface area contributed by atoms with E-state index in [0.29, 0.717) is 10.6 Å². The van der Waals surface area contributed by atoms with Crippen molar-refractivity contribution in [2.45, 2.75) is 55.6 Å². The van der Waals surface area contributed by atoms with Crippen molar-refractivity contribution in [1.29, 1.82) is 0 Å². The molecular weight excluding hydrogens is 648 g/mol. The molecule has 0 spiro atoms. The van der Waals surface area contributed by atoms with Crippen LogP contribution in [0, 0.1) is 5.82 Å². The highest BCUT2D eigenvalue weighted by molar-refractivity contribution is 7.92. The molecule has 240 valence electrons. The second-order valence-corrected chi connectivity index (χ2v) is 14.0. The van der Waals surface area contributed by atoms with Crippen molar-refractivity contribution in [1.82, 2.24) is 10.2 Å². The van der Waals surface area contributed by atoms with E-state index in [0.717, 1.165) is 41.6 Å². The van der Waals surface area contributed by atoms with Crippen LogP contribution < -0.4 is 9.62 Å². The third-order valence-corrected chi connectivity index (χ3v) is 10.4. The molecule has 0 bridgehead atoms. The smallest absolute Gasteiger partial charge is 0.264 e. The fourth-order valence-electron chi connectivity index (χ4n) is 5.60. The zero-order valence-corrected chi connectivity index (χ0v) is 27.3. The van der Waals surface area contributed by atoms with Crippen LogP contribution in [0.5, 0.6) is 0 Å². The van der Waals surface area contributed by atoms with Crippen molar-refractivity contribution in [3.8, 4) is 0 Å². The summed E-state index contributed by atoms with van der Waals surface area (Å²) in [4.78, 5) is 29.9. The lowest BCUT2D eigenvalue weighted by atomic mass is 10.0. The van der Waals surface area contributed by atoms with E-state index in [1.807, 2.05) is 30.3 Å². The number of benzene rings is 4. The number of nitrogens with one attached hydrogen (secondary N) is 1. The Labute approximate surface area is 279 Å². The van der Waals surface area contributed by atoms with Gasteiger partial charge in [0.25, 0.3) is 10.0 Å². The number of rotatable bonds is 12. The van der Waals surface area contributed by atoms with Crippen LogP contribution >= 0.6 is 23.2 Å². The fourth-order valence-corrected chi connectivity index (χ4v) is 7.32. The summed E-state index contributed by atoms with van der Waals surface area (Å²) in [5.74, 6) is -1.68. The second-order valence-electron chi connectivity index (χ2n) is 11.3. The van der Waals surface area contributed by atoms with Crippen LogP contribution in [-0.2, 0) is 32.6 Å². The Morgan fingerprint density at radius 1 is 0.848 bits per heavy atom. The topological polar surface area (TPSA) is 86.8 Å². The summed E-state index contributed by atoms with van der Waals surface area (Å²) in [6.07, 6.45) is 3.92. The average molecular weight is 683 g/mol. The first kappa shape index (κ1) is 33.4. The van der Waals surface area contributed by atoms with Gasteiger partial charge >= 0.3 is 0 Å². The predicted molar refractivity (Wildman–Crippen MR) is 179 cm³/mol. The number of hydrogen-bond acceptors (Lipinski definition) is 4. The first-order chi connectivity index (χ1) is 22.1. The van der Waals surface area contributed by atoms with Crippen LogP contribution in [0.4, 0.5) is 10.1 Å². The third kappa shape index (κ3) is 8.26. The van der Waals surface area contributed by atoms with Gasteiger partial charge in [0.2, 0.25) is 11.8 Å². The van der Waals surface area contributed by atoms with E-state index < -0.39 is 34.3 Å². The molecule has 4 aromatic rings. The highest BCUT2D eigenvalue weighted by atomic mass is 35.5. The number of carbonyl (C=O) groups excluding carboxylic acids is 2. The molecule has 5 rings (SSSR count). The molecule has 11 heteroatoms. The molecule has 2 amide bonds. The van der Waals surface area contributed by atoms with E-state index in [2.05, 4.69) is 5.32 Å². The number of hydrogen-bond donors (Lipinski definition) is 1. The largest absolute Gasteiger partial charge is 0.352 e. The molecule has 1 atom stereocenters. The van der Waals surface area contributed by atoms with E-state index in [9.17, 15) is 22.4 Å². The molecule has 0 aliphatic heterocycles. The molecule has 0 saturated heterocycles. The Balaban J connectivity index is 1.57. The molecule has 7 nitrogen and oxygen atoms in total. The quantitative estimate of drug-likeness (QED) is 0.174. The zero-order chi connectivity index (χ0) is 32.7. The zero-order valence-electron chi connectivity index (χ0n) is 25.0. The van der Waals surface area contributed by atoms with E-state index in [1.54, 1.807) is 42.5 Å². The van der Waals surface area contributed by atoms with Crippen LogP contribution in [0.2, 0.25) is 10.0 Å². The van der Waals surface area contributed by atoms with Crippen molar-refractivity contribution in [2.75, 3.05) is 10.8 Å². The van der Waals surface area contributed by atoms with Gasteiger partial charge in [-0.25, -0.2) is 12.8 Å². The van der Waals surface area contributed by atoms with Crippen LogP contribution in [0.15, 0.2) is 108 Å². The van der Waals surface area contributed by atoms with Gasteiger partial charge in [0.05, 0.1) is 15.6 Å². The van der Waals surface area contributed by atoms with Crippen LogP contribution in [0.1, 0.15) is 36.8 Å². The van der Waals surface area contributed by atoms with Crippen molar-refractivity contribution < 1.29 is 22.4 Å². The van der Waals surface area contributed by atoms with Gasteiger partial charge in [0.1, 0.15) is 18.4 Å².